The number of benzene rings is 3. The molecule has 6 nitrogen and oxygen atoms in total. The fraction of sp³-hybridized carbons (Fsp3) is 0.370. The lowest BCUT2D eigenvalue weighted by Crippen LogP contribution is -2.56. The summed E-state index contributed by atoms with van der Waals surface area (Å²) >= 11 is 0. The van der Waals surface area contributed by atoms with Crippen molar-refractivity contribution in [3.8, 4) is 0 Å². The van der Waals surface area contributed by atoms with Crippen molar-refractivity contribution in [3.63, 3.8) is 0 Å². The summed E-state index contributed by atoms with van der Waals surface area (Å²) in [5, 5.41) is 1.82. The number of hydrogen-bond acceptors (Lipinski definition) is 4. The van der Waals surface area contributed by atoms with Gasteiger partial charge >= 0.3 is 0 Å². The first-order chi connectivity index (χ1) is 16.2. The van der Waals surface area contributed by atoms with E-state index in [0.717, 1.165) is 23.9 Å². The molecule has 0 bridgehead atoms. The van der Waals surface area contributed by atoms with E-state index in [-0.39, 0.29) is 16.7 Å². The monoisotopic (exact) mass is 479 g/mol. The molecule has 1 heterocycles. The van der Waals surface area contributed by atoms with E-state index < -0.39 is 16.1 Å². The second-order valence-corrected chi connectivity index (χ2v) is 11.1. The maximum atomic E-state index is 13.4. The lowest BCUT2D eigenvalue weighted by molar-refractivity contribution is -0.134. The fourth-order valence-corrected chi connectivity index (χ4v) is 5.86. The van der Waals surface area contributed by atoms with Gasteiger partial charge in [-0.3, -0.25) is 4.79 Å². The third kappa shape index (κ3) is 4.95. The van der Waals surface area contributed by atoms with Gasteiger partial charge in [0.2, 0.25) is 15.9 Å². The van der Waals surface area contributed by atoms with Gasteiger partial charge in [0, 0.05) is 31.9 Å². The molecule has 180 valence electrons. The highest BCUT2D eigenvalue weighted by molar-refractivity contribution is 7.89. The minimum Gasteiger partial charge on any atom is -0.368 e. The molecule has 34 heavy (non-hydrogen) atoms. The molecule has 1 N–H and O–H groups in total. The molecule has 1 amide bonds. The molecule has 0 aromatic heterocycles. The zero-order chi connectivity index (χ0) is 24.5. The van der Waals surface area contributed by atoms with Crippen LogP contribution in [0.1, 0.15) is 25.0 Å². The Morgan fingerprint density at radius 2 is 1.56 bits per heavy atom. The van der Waals surface area contributed by atoms with Crippen LogP contribution >= 0.6 is 0 Å². The van der Waals surface area contributed by atoms with Crippen molar-refractivity contribution < 1.29 is 13.2 Å². The van der Waals surface area contributed by atoms with Crippen LogP contribution in [0.3, 0.4) is 0 Å². The number of nitrogens with one attached hydrogen (secondary N) is 1. The van der Waals surface area contributed by atoms with E-state index in [1.165, 1.54) is 16.8 Å². The second kappa shape index (κ2) is 9.76. The lowest BCUT2D eigenvalue weighted by Gasteiger charge is -2.39. The van der Waals surface area contributed by atoms with Gasteiger partial charge in [0.25, 0.3) is 0 Å². The average Bonchev–Trinajstić information content (AvgIpc) is 2.83. The van der Waals surface area contributed by atoms with Crippen molar-refractivity contribution in [1.29, 1.82) is 0 Å². The van der Waals surface area contributed by atoms with Crippen LogP contribution in [0, 0.1) is 19.8 Å². The van der Waals surface area contributed by atoms with Crippen LogP contribution in [0.25, 0.3) is 10.8 Å². The number of hydrogen-bond donors (Lipinski definition) is 1. The first-order valence-electron chi connectivity index (χ1n) is 11.8. The number of carbonyl (C=O) groups excluding carboxylic acids is 1. The summed E-state index contributed by atoms with van der Waals surface area (Å²) in [6.45, 7) is 10.5. The number of carbonyl (C=O) groups is 1. The van der Waals surface area contributed by atoms with E-state index in [1.807, 2.05) is 38.1 Å². The molecule has 1 fully saturated rings. The largest absolute Gasteiger partial charge is 0.368 e. The Hall–Kier alpha value is -2.90. The highest BCUT2D eigenvalue weighted by Crippen LogP contribution is 2.25. The van der Waals surface area contributed by atoms with Gasteiger partial charge in [-0.15, -0.1) is 0 Å². The Labute approximate surface area is 202 Å². The number of sulfonamides is 1. The summed E-state index contributed by atoms with van der Waals surface area (Å²) in [6, 6.07) is 18.1. The van der Waals surface area contributed by atoms with Crippen LogP contribution in [-0.4, -0.2) is 51.4 Å². The van der Waals surface area contributed by atoms with Gasteiger partial charge in [-0.05, 0) is 59.9 Å². The van der Waals surface area contributed by atoms with Gasteiger partial charge in [0.1, 0.15) is 6.04 Å². The second-order valence-electron chi connectivity index (χ2n) is 9.38. The van der Waals surface area contributed by atoms with Crippen LogP contribution in [0.15, 0.2) is 65.6 Å². The zero-order valence-electron chi connectivity index (χ0n) is 20.3. The van der Waals surface area contributed by atoms with Crippen molar-refractivity contribution in [1.82, 2.24) is 9.62 Å². The van der Waals surface area contributed by atoms with Crippen LogP contribution in [0.2, 0.25) is 0 Å². The maximum Gasteiger partial charge on any atom is 0.241 e. The number of fused-ring (bicyclic) bond motifs is 1. The molecule has 3 aromatic rings. The van der Waals surface area contributed by atoms with Crippen LogP contribution in [-0.2, 0) is 14.8 Å². The lowest BCUT2D eigenvalue weighted by atomic mass is 10.0. The molecule has 0 radical (unpaired) electrons. The Morgan fingerprint density at radius 1 is 0.882 bits per heavy atom. The summed E-state index contributed by atoms with van der Waals surface area (Å²) in [5.41, 5.74) is 3.70. The van der Waals surface area contributed by atoms with Crippen LogP contribution in [0.4, 0.5) is 5.69 Å². The predicted molar refractivity (Wildman–Crippen MR) is 138 cm³/mol. The van der Waals surface area contributed by atoms with Crippen LogP contribution < -0.4 is 9.62 Å². The summed E-state index contributed by atoms with van der Waals surface area (Å²) in [7, 11) is -3.85. The number of amides is 1. The van der Waals surface area contributed by atoms with E-state index in [0.29, 0.717) is 13.1 Å². The molecule has 7 heteroatoms. The van der Waals surface area contributed by atoms with E-state index in [2.05, 4.69) is 41.7 Å². The number of nitrogens with zero attached hydrogens (tertiary/aromatic N) is 2. The molecular formula is C27H33N3O3S. The number of aryl methyl sites for hydroxylation is 1. The quantitative estimate of drug-likeness (QED) is 0.578. The third-order valence-electron chi connectivity index (χ3n) is 6.75. The molecule has 1 aliphatic rings. The fourth-order valence-electron chi connectivity index (χ4n) is 4.48. The van der Waals surface area contributed by atoms with Crippen molar-refractivity contribution in [2.24, 2.45) is 5.92 Å². The Morgan fingerprint density at radius 3 is 2.24 bits per heavy atom. The van der Waals surface area contributed by atoms with Crippen molar-refractivity contribution in [2.75, 3.05) is 31.1 Å². The molecule has 1 unspecified atom stereocenters. The normalized spacial score (nSPS) is 15.7. The molecule has 1 atom stereocenters. The topological polar surface area (TPSA) is 69.7 Å². The van der Waals surface area contributed by atoms with E-state index in [4.69, 9.17) is 0 Å². The number of rotatable bonds is 6. The standard InChI is InChI=1S/C27H33N3O3S/c1-19(2)26(28-34(32,33)24-13-12-22-9-5-6-10-23(22)18-24)27(31)30-16-14-29(15-17-30)25-11-7-8-20(3)21(25)4/h5-13,18-19,26,28H,14-17H2,1-4H3. The minimum atomic E-state index is -3.85. The first-order valence-corrected chi connectivity index (χ1v) is 13.3. The SMILES string of the molecule is Cc1cccc(N2CCN(C(=O)C(NS(=O)(=O)c3ccc4ccccc4c3)C(C)C)CC2)c1C. The molecule has 3 aromatic carbocycles. The Kier molecular flexibility index (Phi) is 6.96. The summed E-state index contributed by atoms with van der Waals surface area (Å²) in [6.07, 6.45) is 0. The van der Waals surface area contributed by atoms with Gasteiger partial charge in [-0.1, -0.05) is 56.3 Å². The zero-order valence-corrected chi connectivity index (χ0v) is 21.1. The van der Waals surface area contributed by atoms with Gasteiger partial charge < -0.3 is 9.80 Å². The van der Waals surface area contributed by atoms with E-state index in [1.54, 1.807) is 23.1 Å². The van der Waals surface area contributed by atoms with Gasteiger partial charge in [0.05, 0.1) is 4.90 Å². The highest BCUT2D eigenvalue weighted by Gasteiger charge is 2.33. The van der Waals surface area contributed by atoms with Crippen molar-refractivity contribution >= 4 is 32.4 Å². The molecule has 4 rings (SSSR count). The molecular weight excluding hydrogens is 446 g/mol. The summed E-state index contributed by atoms with van der Waals surface area (Å²) < 4.78 is 29.1. The van der Waals surface area contributed by atoms with Crippen LogP contribution in [0.5, 0.6) is 0 Å². The average molecular weight is 480 g/mol. The van der Waals surface area contributed by atoms with Crippen molar-refractivity contribution in [3.05, 3.63) is 71.8 Å². The number of piperazine rings is 1. The maximum absolute atomic E-state index is 13.4. The Balaban J connectivity index is 1.48. The highest BCUT2D eigenvalue weighted by atomic mass is 32.2. The molecule has 0 aliphatic carbocycles. The molecule has 0 saturated carbocycles. The predicted octanol–water partition coefficient (Wildman–Crippen LogP) is 4.11. The van der Waals surface area contributed by atoms with Gasteiger partial charge in [-0.2, -0.15) is 4.72 Å². The molecule has 0 spiro atoms. The van der Waals surface area contributed by atoms with Crippen molar-refractivity contribution in [2.45, 2.75) is 38.6 Å². The number of anilines is 1. The van der Waals surface area contributed by atoms with E-state index >= 15 is 0 Å². The third-order valence-corrected chi connectivity index (χ3v) is 8.19. The minimum absolute atomic E-state index is 0.167. The van der Waals surface area contributed by atoms with E-state index in [9.17, 15) is 13.2 Å². The first kappa shape index (κ1) is 24.2. The van der Waals surface area contributed by atoms with Gasteiger partial charge in [-0.25, -0.2) is 8.42 Å². The Bertz CT molecular complexity index is 1300. The molecule has 1 saturated heterocycles. The molecule has 1 aliphatic heterocycles. The summed E-state index contributed by atoms with van der Waals surface area (Å²) in [4.78, 5) is 17.7. The van der Waals surface area contributed by atoms with Gasteiger partial charge in [0.15, 0.2) is 0 Å². The smallest absolute Gasteiger partial charge is 0.241 e. The summed E-state index contributed by atoms with van der Waals surface area (Å²) in [5.74, 6) is -0.347.